The highest BCUT2D eigenvalue weighted by atomic mass is 35.5. The third-order valence-electron chi connectivity index (χ3n) is 4.54. The van der Waals surface area contributed by atoms with Crippen LogP contribution in [0.1, 0.15) is 11.1 Å². The number of nitro groups is 1. The summed E-state index contributed by atoms with van der Waals surface area (Å²) in [5.74, 6) is 0.421. The molecule has 160 valence electrons. The van der Waals surface area contributed by atoms with Gasteiger partial charge in [0.25, 0.3) is 0 Å². The number of hydrogen-bond acceptors (Lipinski definition) is 8. The van der Waals surface area contributed by atoms with Crippen LogP contribution in [0, 0.1) is 10.1 Å². The number of pyridine rings is 2. The topological polar surface area (TPSA) is 110 Å². The third kappa shape index (κ3) is 5.32. The number of halogens is 1. The molecule has 0 aliphatic carbocycles. The van der Waals surface area contributed by atoms with Crippen molar-refractivity contribution < 1.29 is 4.92 Å². The van der Waals surface area contributed by atoms with Crippen molar-refractivity contribution in [3.63, 3.8) is 0 Å². The van der Waals surface area contributed by atoms with Crippen molar-refractivity contribution in [2.75, 3.05) is 10.2 Å². The zero-order valence-corrected chi connectivity index (χ0v) is 17.6. The van der Waals surface area contributed by atoms with Crippen molar-refractivity contribution in [2.45, 2.75) is 13.1 Å². The number of rotatable bonds is 8. The Morgan fingerprint density at radius 3 is 2.09 bits per heavy atom. The van der Waals surface area contributed by atoms with Crippen LogP contribution in [0.3, 0.4) is 0 Å². The van der Waals surface area contributed by atoms with Crippen molar-refractivity contribution in [1.82, 2.24) is 19.9 Å². The summed E-state index contributed by atoms with van der Waals surface area (Å²) in [5.41, 5.74) is 2.28. The fourth-order valence-electron chi connectivity index (χ4n) is 3.08. The molecule has 0 fully saturated rings. The molecule has 10 heteroatoms. The number of nitrogens with one attached hydrogen (secondary N) is 1. The summed E-state index contributed by atoms with van der Waals surface area (Å²) in [5, 5.41) is 15.4. The molecule has 32 heavy (non-hydrogen) atoms. The Labute approximate surface area is 188 Å². The maximum absolute atomic E-state index is 11.8. The number of anilines is 3. The zero-order valence-electron chi connectivity index (χ0n) is 16.8. The summed E-state index contributed by atoms with van der Waals surface area (Å²) >= 11 is 5.94. The van der Waals surface area contributed by atoms with E-state index in [0.29, 0.717) is 23.8 Å². The summed E-state index contributed by atoms with van der Waals surface area (Å²) < 4.78 is 0. The second-order valence-corrected chi connectivity index (χ2v) is 7.31. The summed E-state index contributed by atoms with van der Waals surface area (Å²) in [7, 11) is 0. The average molecular weight is 448 g/mol. The molecule has 0 aliphatic rings. The van der Waals surface area contributed by atoms with Gasteiger partial charge in [0.2, 0.25) is 11.8 Å². The van der Waals surface area contributed by atoms with Gasteiger partial charge in [-0.2, -0.15) is 4.98 Å². The van der Waals surface area contributed by atoms with Crippen LogP contribution in [0.2, 0.25) is 5.02 Å². The van der Waals surface area contributed by atoms with E-state index >= 15 is 0 Å². The molecule has 0 atom stereocenters. The molecule has 0 radical (unpaired) electrons. The average Bonchev–Trinajstić information content (AvgIpc) is 2.81. The largest absolute Gasteiger partial charge is 0.342 e. The Balaban J connectivity index is 1.72. The molecule has 0 bridgehead atoms. The van der Waals surface area contributed by atoms with Crippen molar-refractivity contribution >= 4 is 34.7 Å². The van der Waals surface area contributed by atoms with E-state index in [0.717, 1.165) is 11.1 Å². The highest BCUT2D eigenvalue weighted by Gasteiger charge is 2.24. The van der Waals surface area contributed by atoms with Crippen molar-refractivity contribution in [3.8, 4) is 0 Å². The van der Waals surface area contributed by atoms with E-state index in [-0.39, 0.29) is 17.5 Å². The zero-order chi connectivity index (χ0) is 22.3. The Hall–Kier alpha value is -4.11. The number of nitrogens with zero attached hydrogens (tertiary/aromatic N) is 6. The first-order chi connectivity index (χ1) is 15.6. The van der Waals surface area contributed by atoms with Gasteiger partial charge in [-0.15, -0.1) is 0 Å². The lowest BCUT2D eigenvalue weighted by Gasteiger charge is -2.24. The van der Waals surface area contributed by atoms with Gasteiger partial charge in [-0.25, -0.2) is 4.98 Å². The second kappa shape index (κ2) is 9.80. The molecule has 0 aliphatic heterocycles. The molecular formula is C22H18ClN7O2. The smallest absolute Gasteiger partial charge is 0.329 e. The summed E-state index contributed by atoms with van der Waals surface area (Å²) in [4.78, 5) is 30.0. The van der Waals surface area contributed by atoms with Crippen LogP contribution < -0.4 is 10.2 Å². The predicted octanol–water partition coefficient (Wildman–Crippen LogP) is 4.78. The predicted molar refractivity (Wildman–Crippen MR) is 122 cm³/mol. The monoisotopic (exact) mass is 447 g/mol. The second-order valence-electron chi connectivity index (χ2n) is 6.87. The van der Waals surface area contributed by atoms with Crippen LogP contribution in [-0.4, -0.2) is 24.9 Å². The third-order valence-corrected chi connectivity index (χ3v) is 4.79. The van der Waals surface area contributed by atoms with Gasteiger partial charge in [-0.3, -0.25) is 20.1 Å². The molecule has 1 aromatic carbocycles. The maximum atomic E-state index is 11.8. The number of benzene rings is 1. The Morgan fingerprint density at radius 2 is 1.56 bits per heavy atom. The van der Waals surface area contributed by atoms with E-state index in [1.165, 1.54) is 6.20 Å². The molecule has 0 unspecified atom stereocenters. The van der Waals surface area contributed by atoms with Gasteiger partial charge < -0.3 is 10.2 Å². The minimum absolute atomic E-state index is 0.189. The SMILES string of the molecule is O=[N+]([O-])c1cnc(Nc2ccc(Cl)cc2)nc1N(Cc1cccnc1)Cc1cccnc1. The highest BCUT2D eigenvalue weighted by molar-refractivity contribution is 6.30. The minimum atomic E-state index is -0.485. The molecule has 0 amide bonds. The van der Waals surface area contributed by atoms with Gasteiger partial charge in [0.05, 0.1) is 4.92 Å². The molecule has 0 saturated carbocycles. The van der Waals surface area contributed by atoms with Crippen LogP contribution in [0.15, 0.2) is 79.5 Å². The van der Waals surface area contributed by atoms with Gasteiger partial charge in [0.1, 0.15) is 6.20 Å². The van der Waals surface area contributed by atoms with Gasteiger partial charge in [-0.05, 0) is 47.5 Å². The lowest BCUT2D eigenvalue weighted by Crippen LogP contribution is -2.25. The maximum Gasteiger partial charge on any atom is 0.329 e. The van der Waals surface area contributed by atoms with Crippen LogP contribution in [-0.2, 0) is 13.1 Å². The highest BCUT2D eigenvalue weighted by Crippen LogP contribution is 2.30. The van der Waals surface area contributed by atoms with Crippen LogP contribution in [0.5, 0.6) is 0 Å². The lowest BCUT2D eigenvalue weighted by molar-refractivity contribution is -0.384. The normalized spacial score (nSPS) is 10.5. The fourth-order valence-corrected chi connectivity index (χ4v) is 3.21. The molecule has 1 N–H and O–H groups in total. The van der Waals surface area contributed by atoms with Crippen LogP contribution in [0.25, 0.3) is 0 Å². The van der Waals surface area contributed by atoms with E-state index in [1.54, 1.807) is 54.0 Å². The van der Waals surface area contributed by atoms with Gasteiger partial charge in [0, 0.05) is 48.6 Å². The summed E-state index contributed by atoms with van der Waals surface area (Å²) in [6.07, 6.45) is 8.00. The summed E-state index contributed by atoms with van der Waals surface area (Å²) in [6.45, 7) is 0.724. The molecule has 3 aromatic heterocycles. The Bertz CT molecular complexity index is 1150. The minimum Gasteiger partial charge on any atom is -0.342 e. The molecule has 4 aromatic rings. The van der Waals surface area contributed by atoms with E-state index < -0.39 is 4.92 Å². The van der Waals surface area contributed by atoms with E-state index in [1.807, 2.05) is 24.3 Å². The van der Waals surface area contributed by atoms with E-state index in [9.17, 15) is 10.1 Å². The summed E-state index contributed by atoms with van der Waals surface area (Å²) in [6, 6.07) is 14.5. The van der Waals surface area contributed by atoms with Crippen molar-refractivity contribution in [2.24, 2.45) is 0 Å². The van der Waals surface area contributed by atoms with Crippen LogP contribution >= 0.6 is 11.6 Å². The fraction of sp³-hybridized carbons (Fsp3) is 0.0909. The van der Waals surface area contributed by atoms with Crippen molar-refractivity contribution in [1.29, 1.82) is 0 Å². The van der Waals surface area contributed by atoms with E-state index in [4.69, 9.17) is 11.6 Å². The van der Waals surface area contributed by atoms with Gasteiger partial charge in [-0.1, -0.05) is 23.7 Å². The molecular weight excluding hydrogens is 430 g/mol. The standard InChI is InChI=1S/C22H18ClN7O2/c23-18-5-7-19(8-6-18)27-22-26-13-20(30(31)32)21(28-22)29(14-16-3-1-9-24-11-16)15-17-4-2-10-25-12-17/h1-13H,14-15H2,(H,26,27,28). The van der Waals surface area contributed by atoms with Crippen LogP contribution in [0.4, 0.5) is 23.1 Å². The quantitative estimate of drug-likeness (QED) is 0.303. The first kappa shape index (κ1) is 21.1. The first-order valence-electron chi connectivity index (χ1n) is 9.65. The Kier molecular flexibility index (Phi) is 6.47. The van der Waals surface area contributed by atoms with Gasteiger partial charge in [0.15, 0.2) is 0 Å². The molecule has 3 heterocycles. The van der Waals surface area contributed by atoms with E-state index in [2.05, 4.69) is 25.3 Å². The number of hydrogen-bond donors (Lipinski definition) is 1. The first-order valence-corrected chi connectivity index (χ1v) is 10.0. The van der Waals surface area contributed by atoms with Gasteiger partial charge >= 0.3 is 5.69 Å². The molecule has 0 saturated heterocycles. The van der Waals surface area contributed by atoms with Crippen molar-refractivity contribution in [3.05, 3.63) is 106 Å². The molecule has 9 nitrogen and oxygen atoms in total. The lowest BCUT2D eigenvalue weighted by atomic mass is 10.2. The number of aromatic nitrogens is 4. The molecule has 4 rings (SSSR count). The Morgan fingerprint density at radius 1 is 0.938 bits per heavy atom. The molecule has 0 spiro atoms.